The Morgan fingerprint density at radius 2 is 0.862 bits per heavy atom. The maximum absolute atomic E-state index is 2.32. The highest BCUT2D eigenvalue weighted by molar-refractivity contribution is 5.07. The third kappa shape index (κ3) is 16.6. The molecule has 1 rings (SSSR count). The van der Waals surface area contributed by atoms with Gasteiger partial charge < -0.3 is 0 Å². The molecule has 168 valence electrons. The third-order valence-corrected chi connectivity index (χ3v) is 6.30. The van der Waals surface area contributed by atoms with E-state index in [1.165, 1.54) is 134 Å². The van der Waals surface area contributed by atoms with E-state index in [9.17, 15) is 0 Å². The minimum absolute atomic E-state index is 1.16. The van der Waals surface area contributed by atoms with Gasteiger partial charge in [-0.3, -0.25) is 0 Å². The average Bonchev–Trinajstić information content (AvgIpc) is 2.75. The molecule has 0 unspecified atom stereocenters. The van der Waals surface area contributed by atoms with Crippen LogP contribution in [0.2, 0.25) is 0 Å². The van der Waals surface area contributed by atoms with Crippen LogP contribution in [-0.4, -0.2) is 0 Å². The Balaban J connectivity index is 1.79. The van der Waals surface area contributed by atoms with Crippen LogP contribution in [0.25, 0.3) is 0 Å². The summed E-state index contributed by atoms with van der Waals surface area (Å²) in [6.07, 6.45) is 33.0. The minimum atomic E-state index is 1.16. The van der Waals surface area contributed by atoms with Gasteiger partial charge in [-0.25, -0.2) is 4.57 Å². The third-order valence-electron chi connectivity index (χ3n) is 6.30. The van der Waals surface area contributed by atoms with Gasteiger partial charge in [-0.2, -0.15) is 0 Å². The Hall–Kier alpha value is -0.850. The van der Waals surface area contributed by atoms with Crippen molar-refractivity contribution in [3.8, 4) is 0 Å². The first-order valence-electron chi connectivity index (χ1n) is 13.3. The number of hydrogen-bond acceptors (Lipinski definition) is 0. The lowest BCUT2D eigenvalue weighted by Gasteiger charge is -2.04. The van der Waals surface area contributed by atoms with Crippen molar-refractivity contribution in [2.45, 2.75) is 149 Å². The second-order valence-electron chi connectivity index (χ2n) is 9.20. The maximum Gasteiger partial charge on any atom is 0.169 e. The van der Waals surface area contributed by atoms with E-state index < -0.39 is 0 Å². The molecule has 1 nitrogen and oxygen atoms in total. The van der Waals surface area contributed by atoms with E-state index in [1.54, 1.807) is 0 Å². The number of aryl methyl sites for hydroxylation is 2. The van der Waals surface area contributed by atoms with Crippen molar-refractivity contribution in [1.82, 2.24) is 0 Å². The van der Waals surface area contributed by atoms with E-state index in [-0.39, 0.29) is 0 Å². The molecule has 0 amide bonds. The zero-order valence-corrected chi connectivity index (χ0v) is 20.1. The molecule has 0 atom stereocenters. The van der Waals surface area contributed by atoms with Crippen molar-refractivity contribution < 1.29 is 4.57 Å². The molecule has 1 aromatic rings. The van der Waals surface area contributed by atoms with Gasteiger partial charge in [-0.1, -0.05) is 123 Å². The molecule has 0 radical (unpaired) electrons. The lowest BCUT2D eigenvalue weighted by atomic mass is 10.0. The average molecular weight is 403 g/mol. The second-order valence-corrected chi connectivity index (χ2v) is 9.20. The van der Waals surface area contributed by atoms with E-state index in [0.717, 1.165) is 6.54 Å². The number of hydrogen-bond donors (Lipinski definition) is 0. The van der Waals surface area contributed by atoms with Crippen molar-refractivity contribution in [3.63, 3.8) is 0 Å². The van der Waals surface area contributed by atoms with Crippen LogP contribution in [0.4, 0.5) is 0 Å². The lowest BCUT2D eigenvalue weighted by Crippen LogP contribution is -2.32. The summed E-state index contributed by atoms with van der Waals surface area (Å²) in [5.41, 5.74) is 1.51. The molecule has 0 bridgehead atoms. The van der Waals surface area contributed by atoms with Gasteiger partial charge in [0.15, 0.2) is 12.4 Å². The van der Waals surface area contributed by atoms with Crippen molar-refractivity contribution >= 4 is 0 Å². The summed E-state index contributed by atoms with van der Waals surface area (Å²) < 4.78 is 2.32. The highest BCUT2D eigenvalue weighted by Crippen LogP contribution is 2.14. The number of pyridine rings is 1. The lowest BCUT2D eigenvalue weighted by molar-refractivity contribution is -0.697. The largest absolute Gasteiger partial charge is 0.205 e. The second kappa shape index (κ2) is 20.4. The Morgan fingerprint density at radius 1 is 0.483 bits per heavy atom. The van der Waals surface area contributed by atoms with E-state index in [2.05, 4.69) is 42.9 Å². The quantitative estimate of drug-likeness (QED) is 0.143. The van der Waals surface area contributed by atoms with Crippen LogP contribution in [-0.2, 0) is 13.0 Å². The number of nitrogens with zero attached hydrogens (tertiary/aromatic N) is 1. The van der Waals surface area contributed by atoms with Gasteiger partial charge in [-0.15, -0.1) is 0 Å². The zero-order chi connectivity index (χ0) is 20.8. The van der Waals surface area contributed by atoms with Gasteiger partial charge in [0.2, 0.25) is 0 Å². The molecule has 0 aliphatic rings. The Labute approximate surface area is 183 Å². The van der Waals surface area contributed by atoms with Gasteiger partial charge in [0.25, 0.3) is 0 Å². The summed E-state index contributed by atoms with van der Waals surface area (Å²) >= 11 is 0. The highest BCUT2D eigenvalue weighted by atomic mass is 14.9. The summed E-state index contributed by atoms with van der Waals surface area (Å²) in [5, 5.41) is 0. The minimum Gasteiger partial charge on any atom is -0.205 e. The monoisotopic (exact) mass is 402 g/mol. The molecule has 0 aliphatic carbocycles. The first-order valence-corrected chi connectivity index (χ1v) is 13.3. The van der Waals surface area contributed by atoms with Crippen LogP contribution in [0.5, 0.6) is 0 Å². The van der Waals surface area contributed by atoms with Crippen molar-refractivity contribution in [2.75, 3.05) is 0 Å². The summed E-state index contributed by atoms with van der Waals surface area (Å²) in [6.45, 7) is 5.72. The Morgan fingerprint density at radius 3 is 1.28 bits per heavy atom. The fourth-order valence-corrected chi connectivity index (χ4v) is 4.20. The molecule has 29 heavy (non-hydrogen) atoms. The summed E-state index contributed by atoms with van der Waals surface area (Å²) in [4.78, 5) is 0. The van der Waals surface area contributed by atoms with E-state index >= 15 is 0 Å². The molecule has 0 aromatic carbocycles. The molecule has 1 aromatic heterocycles. The fourth-order valence-electron chi connectivity index (χ4n) is 4.20. The molecular weight excluding hydrogens is 350 g/mol. The molecule has 0 saturated heterocycles. The molecule has 0 aliphatic heterocycles. The smallest absolute Gasteiger partial charge is 0.169 e. The SMILES string of the molecule is CCCCCCCCCCCCCCCCCCCc1cc[n+](CCCC)cc1. The predicted molar refractivity (Wildman–Crippen MR) is 129 cm³/mol. The predicted octanol–water partition coefficient (Wildman–Crippen LogP) is 8.97. The van der Waals surface area contributed by atoms with Crippen LogP contribution in [0.15, 0.2) is 24.5 Å². The molecule has 0 spiro atoms. The molecule has 0 saturated carbocycles. The first kappa shape index (κ1) is 26.2. The van der Waals surface area contributed by atoms with E-state index in [0.29, 0.717) is 0 Å². The normalized spacial score (nSPS) is 11.2. The molecule has 1 heterocycles. The summed E-state index contributed by atoms with van der Waals surface area (Å²) in [5.74, 6) is 0. The highest BCUT2D eigenvalue weighted by Gasteiger charge is 2.00. The van der Waals surface area contributed by atoms with Crippen LogP contribution >= 0.6 is 0 Å². The first-order chi connectivity index (χ1) is 14.4. The molecule has 0 fully saturated rings. The van der Waals surface area contributed by atoms with Crippen LogP contribution in [0.3, 0.4) is 0 Å². The number of aromatic nitrogens is 1. The van der Waals surface area contributed by atoms with Crippen LogP contribution in [0.1, 0.15) is 141 Å². The van der Waals surface area contributed by atoms with E-state index in [1.807, 2.05) is 0 Å². The van der Waals surface area contributed by atoms with Crippen LogP contribution in [0, 0.1) is 0 Å². The summed E-state index contributed by atoms with van der Waals surface area (Å²) in [7, 11) is 0. The van der Waals surface area contributed by atoms with Gasteiger partial charge in [0.1, 0.15) is 6.54 Å². The van der Waals surface area contributed by atoms with Gasteiger partial charge in [0.05, 0.1) is 0 Å². The van der Waals surface area contributed by atoms with Crippen molar-refractivity contribution in [2.24, 2.45) is 0 Å². The zero-order valence-electron chi connectivity index (χ0n) is 20.1. The summed E-state index contributed by atoms with van der Waals surface area (Å²) in [6, 6.07) is 4.64. The Kier molecular flexibility index (Phi) is 18.4. The number of unbranched alkanes of at least 4 members (excludes halogenated alkanes) is 17. The molecular formula is C28H52N+. The fraction of sp³-hybridized carbons (Fsp3) is 0.821. The molecule has 0 N–H and O–H groups in total. The van der Waals surface area contributed by atoms with Gasteiger partial charge in [-0.05, 0) is 18.4 Å². The maximum atomic E-state index is 2.32. The van der Waals surface area contributed by atoms with E-state index in [4.69, 9.17) is 0 Å². The number of rotatable bonds is 21. The topological polar surface area (TPSA) is 3.88 Å². The standard InChI is InChI=1S/C28H52N/c1-3-5-7-8-9-10-11-12-13-14-15-16-17-18-19-20-21-22-28-23-26-29(27-24-28)25-6-4-2/h23-24,26-27H,3-22,25H2,1-2H3/q+1. The van der Waals surface area contributed by atoms with Crippen molar-refractivity contribution in [1.29, 1.82) is 0 Å². The molecule has 1 heteroatoms. The van der Waals surface area contributed by atoms with Crippen molar-refractivity contribution in [3.05, 3.63) is 30.1 Å². The van der Waals surface area contributed by atoms with Gasteiger partial charge >= 0.3 is 0 Å². The Bertz CT molecular complexity index is 436. The van der Waals surface area contributed by atoms with Crippen LogP contribution < -0.4 is 4.57 Å². The van der Waals surface area contributed by atoms with Gasteiger partial charge in [0, 0.05) is 18.6 Å².